The second-order valence-electron chi connectivity index (χ2n) is 15.7. The first-order chi connectivity index (χ1) is 29.4. The summed E-state index contributed by atoms with van der Waals surface area (Å²) in [5.74, 6) is -0.980. The molecular weight excluding hydrogens is 737 g/mol. The van der Waals surface area contributed by atoms with Crippen molar-refractivity contribution in [3.63, 3.8) is 0 Å². The van der Waals surface area contributed by atoms with Crippen LogP contribution in [-0.2, 0) is 19.3 Å². The molecule has 0 saturated heterocycles. The third kappa shape index (κ3) is 7.53. The van der Waals surface area contributed by atoms with E-state index in [1.165, 1.54) is 16.7 Å². The minimum Gasteiger partial charge on any atom is -0.478 e. The molecule has 0 unspecified atom stereocenters. The maximum atomic E-state index is 12.3. The molecule has 60 heavy (non-hydrogen) atoms. The molecule has 6 nitrogen and oxygen atoms in total. The predicted octanol–water partition coefficient (Wildman–Crippen LogP) is 13.9. The maximum Gasteiger partial charge on any atom is 0.335 e. The summed E-state index contributed by atoms with van der Waals surface area (Å²) in [5.41, 5.74) is 18.7. The van der Waals surface area contributed by atoms with Crippen LogP contribution in [0, 0.1) is 0 Å². The number of hydrogen-bond acceptors (Lipinski definition) is 3. The number of carbonyl (C=O) groups is 1. The van der Waals surface area contributed by atoms with Gasteiger partial charge in [0.1, 0.15) is 0 Å². The summed E-state index contributed by atoms with van der Waals surface area (Å²) in [6.45, 7) is 6.62. The van der Waals surface area contributed by atoms with Gasteiger partial charge in [-0.3, -0.25) is 0 Å². The molecule has 0 spiro atoms. The van der Waals surface area contributed by atoms with E-state index >= 15 is 0 Å². The Kier molecular flexibility index (Phi) is 10.7. The fraction of sp³-hybridized carbons (Fsp3) is 0.167. The van der Waals surface area contributed by atoms with Crippen molar-refractivity contribution in [3.05, 3.63) is 166 Å². The first-order valence-electron chi connectivity index (χ1n) is 21.2. The molecule has 6 heteroatoms. The zero-order chi connectivity index (χ0) is 41.2. The number of H-pyrrole nitrogens is 2. The first kappa shape index (κ1) is 38.5. The number of aromatic carboxylic acids is 1. The van der Waals surface area contributed by atoms with Crippen molar-refractivity contribution < 1.29 is 9.90 Å². The second-order valence-corrected chi connectivity index (χ2v) is 15.7. The van der Waals surface area contributed by atoms with Crippen molar-refractivity contribution in [2.75, 3.05) is 0 Å². The van der Waals surface area contributed by atoms with Crippen LogP contribution in [0.4, 0.5) is 0 Å². The molecule has 0 radical (unpaired) electrons. The van der Waals surface area contributed by atoms with Crippen LogP contribution in [0.5, 0.6) is 0 Å². The summed E-state index contributed by atoms with van der Waals surface area (Å²) >= 11 is 0. The van der Waals surface area contributed by atoms with Gasteiger partial charge in [-0.05, 0) is 119 Å². The molecule has 5 heterocycles. The molecule has 3 N–H and O–H groups in total. The summed E-state index contributed by atoms with van der Waals surface area (Å²) in [5, 5.41) is 10.1. The van der Waals surface area contributed by atoms with Gasteiger partial charge < -0.3 is 15.1 Å². The van der Waals surface area contributed by atoms with Crippen LogP contribution in [0.3, 0.4) is 0 Å². The van der Waals surface area contributed by atoms with Crippen molar-refractivity contribution in [1.82, 2.24) is 19.9 Å². The van der Waals surface area contributed by atoms with Crippen LogP contribution in [-0.4, -0.2) is 31.0 Å². The number of rotatable bonds is 11. The van der Waals surface area contributed by atoms with E-state index in [-0.39, 0.29) is 5.56 Å². The van der Waals surface area contributed by atoms with Gasteiger partial charge in [0.15, 0.2) is 0 Å². The molecule has 0 amide bonds. The average Bonchev–Trinajstić information content (AvgIpc) is 4.11. The van der Waals surface area contributed by atoms with Gasteiger partial charge in [0.2, 0.25) is 0 Å². The highest BCUT2D eigenvalue weighted by Gasteiger charge is 2.20. The molecule has 0 atom stereocenters. The number of carboxylic acids is 1. The number of fused-ring (bicyclic) bond motifs is 8. The molecule has 4 aromatic carbocycles. The van der Waals surface area contributed by atoms with Crippen LogP contribution >= 0.6 is 0 Å². The highest BCUT2D eigenvalue weighted by atomic mass is 16.4. The van der Waals surface area contributed by atoms with E-state index in [9.17, 15) is 9.90 Å². The summed E-state index contributed by atoms with van der Waals surface area (Å²) in [7, 11) is 0. The topological polar surface area (TPSA) is 94.7 Å². The Bertz CT molecular complexity index is 2920. The highest BCUT2D eigenvalue weighted by molar-refractivity contribution is 6.00. The minimum absolute atomic E-state index is 0.212. The Hall–Kier alpha value is -7.05. The van der Waals surface area contributed by atoms with E-state index < -0.39 is 5.97 Å². The lowest BCUT2D eigenvalue weighted by Gasteiger charge is -2.08. The number of nitrogens with one attached hydrogen (secondary N) is 2. The van der Waals surface area contributed by atoms with Gasteiger partial charge in [0, 0.05) is 44.3 Å². The van der Waals surface area contributed by atoms with Crippen LogP contribution < -0.4 is 0 Å². The van der Waals surface area contributed by atoms with Gasteiger partial charge in [-0.1, -0.05) is 125 Å². The number of aromatic nitrogens is 4. The molecule has 2 aliphatic rings. The number of nitrogens with zero attached hydrogens (tertiary/aromatic N) is 2. The van der Waals surface area contributed by atoms with Crippen LogP contribution in [0.15, 0.2) is 121 Å². The van der Waals surface area contributed by atoms with Crippen LogP contribution in [0.2, 0.25) is 0 Å². The molecule has 0 aliphatic carbocycles. The molecule has 2 aliphatic heterocycles. The lowest BCUT2D eigenvalue weighted by molar-refractivity contribution is 0.0697. The largest absolute Gasteiger partial charge is 0.478 e. The van der Waals surface area contributed by atoms with Gasteiger partial charge in [-0.25, -0.2) is 14.8 Å². The Morgan fingerprint density at radius 1 is 0.450 bits per heavy atom. The molecule has 0 saturated carbocycles. The smallest absolute Gasteiger partial charge is 0.335 e. The Labute approximate surface area is 351 Å². The van der Waals surface area contributed by atoms with Crippen molar-refractivity contribution in [2.24, 2.45) is 0 Å². The predicted molar refractivity (Wildman–Crippen MR) is 250 cm³/mol. The van der Waals surface area contributed by atoms with Crippen molar-refractivity contribution in [1.29, 1.82) is 0 Å². The normalized spacial score (nSPS) is 12.0. The summed E-state index contributed by atoms with van der Waals surface area (Å²) in [6.07, 6.45) is 14.7. The molecule has 3 aromatic heterocycles. The Balaban J connectivity index is 1.42. The van der Waals surface area contributed by atoms with E-state index in [1.54, 1.807) is 18.2 Å². The van der Waals surface area contributed by atoms with Crippen LogP contribution in [0.1, 0.15) is 89.9 Å². The fourth-order valence-corrected chi connectivity index (χ4v) is 8.61. The maximum absolute atomic E-state index is 12.3. The van der Waals surface area contributed by atoms with Gasteiger partial charge in [-0.2, -0.15) is 0 Å². The fourth-order valence-electron chi connectivity index (χ4n) is 8.61. The summed E-state index contributed by atoms with van der Waals surface area (Å²) in [4.78, 5) is 30.8. The van der Waals surface area contributed by atoms with E-state index in [2.05, 4.69) is 146 Å². The molecule has 8 bridgehead atoms. The highest BCUT2D eigenvalue weighted by Crippen LogP contribution is 2.39. The standard InChI is InChI=1S/C54H48N4O2/c1-4-8-34-13-19-37(20-14-34)50-42-25-27-44(55-42)51(38-21-15-35(9-5-2)16-22-38)46-29-31-48(57-46)53(40-11-7-12-41(33-40)54(59)60)49-32-30-47(58-49)52(45-28-26-43(50)56-45)39-23-17-36(10-6-3)18-24-39/h7,11-33,55,58H,4-6,8-10H2,1-3H3,(H,59,60). The molecule has 7 aromatic rings. The summed E-state index contributed by atoms with van der Waals surface area (Å²) in [6, 6.07) is 42.1. The summed E-state index contributed by atoms with van der Waals surface area (Å²) < 4.78 is 0. The Morgan fingerprint density at radius 3 is 1.10 bits per heavy atom. The third-order valence-electron chi connectivity index (χ3n) is 11.5. The van der Waals surface area contributed by atoms with Crippen molar-refractivity contribution >= 4 is 52.3 Å². The monoisotopic (exact) mass is 784 g/mol. The number of aromatic amines is 2. The lowest BCUT2D eigenvalue weighted by Crippen LogP contribution is -1.96. The minimum atomic E-state index is -0.980. The van der Waals surface area contributed by atoms with E-state index in [1.807, 2.05) is 12.1 Å². The van der Waals surface area contributed by atoms with Crippen molar-refractivity contribution in [3.8, 4) is 44.5 Å². The Morgan fingerprint density at radius 2 is 0.783 bits per heavy atom. The number of benzene rings is 4. The zero-order valence-corrected chi connectivity index (χ0v) is 34.3. The van der Waals surface area contributed by atoms with Crippen LogP contribution in [0.25, 0.3) is 90.9 Å². The van der Waals surface area contributed by atoms with Gasteiger partial charge in [0.25, 0.3) is 0 Å². The molecule has 296 valence electrons. The molecule has 9 rings (SSSR count). The average molecular weight is 785 g/mol. The SMILES string of the molecule is CCCc1ccc(-c2c3nc(c(-c4ccc(CCC)cc4)c4ccc([nH]4)c(-c4cccc(C(=O)O)c4)c4nc(c(-c5ccc(CCC)cc5)c5ccc2[nH]5)C=C4)C=C3)cc1. The lowest BCUT2D eigenvalue weighted by atomic mass is 10.0. The number of hydrogen-bond donors (Lipinski definition) is 3. The van der Waals surface area contributed by atoms with Crippen molar-refractivity contribution in [2.45, 2.75) is 59.3 Å². The zero-order valence-electron chi connectivity index (χ0n) is 34.3. The van der Waals surface area contributed by atoms with Gasteiger partial charge in [-0.15, -0.1) is 0 Å². The first-order valence-corrected chi connectivity index (χ1v) is 21.2. The van der Waals surface area contributed by atoms with E-state index in [4.69, 9.17) is 9.97 Å². The molecular formula is C54H48N4O2. The third-order valence-corrected chi connectivity index (χ3v) is 11.5. The quantitative estimate of drug-likeness (QED) is 0.122. The molecule has 0 fully saturated rings. The van der Waals surface area contributed by atoms with Gasteiger partial charge >= 0.3 is 5.97 Å². The van der Waals surface area contributed by atoms with Gasteiger partial charge in [0.05, 0.1) is 28.3 Å². The number of aryl methyl sites for hydroxylation is 3. The van der Waals surface area contributed by atoms with E-state index in [0.29, 0.717) is 0 Å². The second kappa shape index (κ2) is 16.7. The van der Waals surface area contributed by atoms with E-state index in [0.717, 1.165) is 128 Å². The number of carboxylic acid groups (broad SMARTS) is 1.